The fourth-order valence-corrected chi connectivity index (χ4v) is 1.45. The van der Waals surface area contributed by atoms with Crippen LogP contribution in [0.25, 0.3) is 10.9 Å². The monoisotopic (exact) mass is 186 g/mol. The second-order valence-electron chi connectivity index (χ2n) is 4.55. The van der Waals surface area contributed by atoms with E-state index in [-0.39, 0.29) is 5.41 Å². The number of aromatic nitrogens is 2. The Labute approximate surface area is 84.0 Å². The van der Waals surface area contributed by atoms with E-state index < -0.39 is 0 Å². The summed E-state index contributed by atoms with van der Waals surface area (Å²) in [5, 5.41) is 1.11. The van der Waals surface area contributed by atoms with Crippen molar-refractivity contribution < 1.29 is 0 Å². The number of hydrogen-bond acceptors (Lipinski definition) is 2. The minimum Gasteiger partial charge on any atom is -0.244 e. The van der Waals surface area contributed by atoms with Crippen LogP contribution in [0.1, 0.15) is 26.3 Å². The average molecular weight is 186 g/mol. The Balaban J connectivity index is 2.63. The quantitative estimate of drug-likeness (QED) is 0.632. The van der Waals surface area contributed by atoms with Gasteiger partial charge in [0.05, 0.1) is 5.52 Å². The average Bonchev–Trinajstić information content (AvgIpc) is 2.16. The summed E-state index contributed by atoms with van der Waals surface area (Å²) in [6, 6.07) is 6.35. The first-order valence-electron chi connectivity index (χ1n) is 4.77. The van der Waals surface area contributed by atoms with Crippen molar-refractivity contribution in [2.75, 3.05) is 0 Å². The van der Waals surface area contributed by atoms with E-state index in [0.29, 0.717) is 0 Å². The second-order valence-corrected chi connectivity index (χ2v) is 4.55. The Morgan fingerprint density at radius 1 is 1.14 bits per heavy atom. The van der Waals surface area contributed by atoms with E-state index in [0.717, 1.165) is 10.9 Å². The molecule has 72 valence electrons. The summed E-state index contributed by atoms with van der Waals surface area (Å²) in [6.07, 6.45) is 3.44. The molecule has 14 heavy (non-hydrogen) atoms. The lowest BCUT2D eigenvalue weighted by molar-refractivity contribution is 0.591. The van der Waals surface area contributed by atoms with Gasteiger partial charge in [0.15, 0.2) is 0 Å². The Morgan fingerprint density at radius 2 is 1.93 bits per heavy atom. The highest BCUT2D eigenvalue weighted by molar-refractivity contribution is 5.78. The zero-order valence-corrected chi connectivity index (χ0v) is 8.78. The molecule has 1 aromatic heterocycles. The molecule has 0 saturated heterocycles. The summed E-state index contributed by atoms with van der Waals surface area (Å²) in [5.74, 6) is 0. The molecule has 0 amide bonds. The van der Waals surface area contributed by atoms with Crippen LogP contribution in [0.3, 0.4) is 0 Å². The third-order valence-electron chi connectivity index (χ3n) is 2.37. The van der Waals surface area contributed by atoms with Crippen molar-refractivity contribution in [3.8, 4) is 0 Å². The van der Waals surface area contributed by atoms with Crippen molar-refractivity contribution in [3.05, 3.63) is 36.3 Å². The smallest absolute Gasteiger partial charge is 0.116 e. The maximum absolute atomic E-state index is 4.19. The minimum atomic E-state index is 0.185. The third kappa shape index (κ3) is 1.60. The minimum absolute atomic E-state index is 0.185. The van der Waals surface area contributed by atoms with Crippen LogP contribution < -0.4 is 0 Å². The molecule has 0 N–H and O–H groups in total. The zero-order valence-electron chi connectivity index (χ0n) is 8.78. The lowest BCUT2D eigenvalue weighted by Gasteiger charge is -2.19. The molecular formula is C12H14N2. The van der Waals surface area contributed by atoms with Crippen molar-refractivity contribution >= 4 is 10.9 Å². The van der Waals surface area contributed by atoms with E-state index in [4.69, 9.17) is 0 Å². The highest BCUT2D eigenvalue weighted by atomic mass is 14.8. The van der Waals surface area contributed by atoms with E-state index in [1.807, 2.05) is 6.20 Å². The van der Waals surface area contributed by atoms with Crippen LogP contribution in [0.5, 0.6) is 0 Å². The van der Waals surface area contributed by atoms with Crippen LogP contribution >= 0.6 is 0 Å². The maximum Gasteiger partial charge on any atom is 0.116 e. The highest BCUT2D eigenvalue weighted by Gasteiger charge is 2.13. The third-order valence-corrected chi connectivity index (χ3v) is 2.37. The van der Waals surface area contributed by atoms with Gasteiger partial charge in [-0.2, -0.15) is 0 Å². The second kappa shape index (κ2) is 3.05. The predicted octanol–water partition coefficient (Wildman–Crippen LogP) is 2.93. The normalized spacial score (nSPS) is 11.9. The van der Waals surface area contributed by atoms with Crippen molar-refractivity contribution in [2.24, 2.45) is 0 Å². The van der Waals surface area contributed by atoms with Crippen LogP contribution in [0.2, 0.25) is 0 Å². The molecule has 2 aromatic rings. The molecule has 1 heterocycles. The molecule has 0 radical (unpaired) electrons. The zero-order chi connectivity index (χ0) is 10.2. The van der Waals surface area contributed by atoms with Crippen LogP contribution in [0.4, 0.5) is 0 Å². The summed E-state index contributed by atoms with van der Waals surface area (Å²) in [4.78, 5) is 8.22. The summed E-state index contributed by atoms with van der Waals surface area (Å²) in [6.45, 7) is 6.62. The summed E-state index contributed by atoms with van der Waals surface area (Å²) in [5.41, 5.74) is 2.51. The number of hydrogen-bond donors (Lipinski definition) is 0. The Bertz CT molecular complexity index is 455. The molecule has 2 rings (SSSR count). The molecule has 0 aliphatic carbocycles. The van der Waals surface area contributed by atoms with Crippen molar-refractivity contribution in [1.29, 1.82) is 0 Å². The van der Waals surface area contributed by atoms with Gasteiger partial charge in [0.25, 0.3) is 0 Å². The van der Waals surface area contributed by atoms with Gasteiger partial charge >= 0.3 is 0 Å². The van der Waals surface area contributed by atoms with Gasteiger partial charge in [-0.05, 0) is 23.1 Å². The number of fused-ring (bicyclic) bond motifs is 1. The van der Waals surface area contributed by atoms with Crippen LogP contribution in [-0.4, -0.2) is 9.97 Å². The molecule has 0 aliphatic heterocycles. The lowest BCUT2D eigenvalue weighted by Crippen LogP contribution is -2.10. The van der Waals surface area contributed by atoms with E-state index >= 15 is 0 Å². The van der Waals surface area contributed by atoms with E-state index in [2.05, 4.69) is 48.9 Å². The summed E-state index contributed by atoms with van der Waals surface area (Å²) >= 11 is 0. The van der Waals surface area contributed by atoms with Gasteiger partial charge in [0, 0.05) is 11.6 Å². The first kappa shape index (κ1) is 9.13. The largest absolute Gasteiger partial charge is 0.244 e. The summed E-state index contributed by atoms with van der Waals surface area (Å²) in [7, 11) is 0. The van der Waals surface area contributed by atoms with Crippen molar-refractivity contribution in [3.63, 3.8) is 0 Å². The van der Waals surface area contributed by atoms with Crippen LogP contribution in [0, 0.1) is 0 Å². The van der Waals surface area contributed by atoms with Crippen molar-refractivity contribution in [1.82, 2.24) is 9.97 Å². The molecule has 1 aromatic carbocycles. The summed E-state index contributed by atoms with van der Waals surface area (Å²) < 4.78 is 0. The molecule has 0 spiro atoms. The first-order valence-corrected chi connectivity index (χ1v) is 4.77. The number of rotatable bonds is 0. The Kier molecular flexibility index (Phi) is 1.99. The highest BCUT2D eigenvalue weighted by Crippen LogP contribution is 2.24. The molecular weight excluding hydrogens is 172 g/mol. The maximum atomic E-state index is 4.19. The molecule has 0 bridgehead atoms. The number of benzene rings is 1. The van der Waals surface area contributed by atoms with E-state index in [1.165, 1.54) is 5.56 Å². The van der Waals surface area contributed by atoms with E-state index in [9.17, 15) is 0 Å². The number of nitrogens with zero attached hydrogens (tertiary/aromatic N) is 2. The molecule has 0 unspecified atom stereocenters. The molecule has 0 atom stereocenters. The van der Waals surface area contributed by atoms with Crippen molar-refractivity contribution in [2.45, 2.75) is 26.2 Å². The molecule has 2 nitrogen and oxygen atoms in total. The van der Waals surface area contributed by atoms with Crippen LogP contribution in [0.15, 0.2) is 30.7 Å². The molecule has 2 heteroatoms. The molecule has 0 saturated carbocycles. The van der Waals surface area contributed by atoms with E-state index in [1.54, 1.807) is 6.33 Å². The SMILES string of the molecule is CC(C)(C)c1ccc2ncncc2c1. The standard InChI is InChI=1S/C12H14N2/c1-12(2,3)10-4-5-11-9(6-10)7-13-8-14-11/h4-8H,1-3H3. The fourth-order valence-electron chi connectivity index (χ4n) is 1.45. The fraction of sp³-hybridized carbons (Fsp3) is 0.333. The van der Waals surface area contributed by atoms with Gasteiger partial charge in [-0.15, -0.1) is 0 Å². The first-order chi connectivity index (χ1) is 6.57. The van der Waals surface area contributed by atoms with Gasteiger partial charge in [0.1, 0.15) is 6.33 Å². The topological polar surface area (TPSA) is 25.8 Å². The Morgan fingerprint density at radius 3 is 2.64 bits per heavy atom. The van der Waals surface area contributed by atoms with Gasteiger partial charge in [-0.25, -0.2) is 9.97 Å². The van der Waals surface area contributed by atoms with Gasteiger partial charge in [-0.1, -0.05) is 26.8 Å². The van der Waals surface area contributed by atoms with Crippen LogP contribution in [-0.2, 0) is 5.41 Å². The van der Waals surface area contributed by atoms with Gasteiger partial charge < -0.3 is 0 Å². The van der Waals surface area contributed by atoms with Gasteiger partial charge in [-0.3, -0.25) is 0 Å². The lowest BCUT2D eigenvalue weighted by atomic mass is 9.86. The predicted molar refractivity (Wildman–Crippen MR) is 58.2 cm³/mol. The van der Waals surface area contributed by atoms with Gasteiger partial charge in [0.2, 0.25) is 0 Å². The Hall–Kier alpha value is -1.44. The molecule has 0 aliphatic rings. The molecule has 0 fully saturated rings.